The highest BCUT2D eigenvalue weighted by atomic mass is 32.2. The van der Waals surface area contributed by atoms with Crippen LogP contribution in [-0.4, -0.2) is 42.5 Å². The third kappa shape index (κ3) is 3.62. The summed E-state index contributed by atoms with van der Waals surface area (Å²) < 4.78 is 26.2. The SMILES string of the molecule is CCCCS(=O)(=O)N1CC[C@@]2(C[C@H]2C(=O)NCc2ccncc2)C1. The van der Waals surface area contributed by atoms with Gasteiger partial charge in [-0.25, -0.2) is 12.7 Å². The van der Waals surface area contributed by atoms with Crippen LogP contribution in [0.3, 0.4) is 0 Å². The Labute approximate surface area is 143 Å². The molecule has 0 radical (unpaired) electrons. The molecule has 2 aliphatic rings. The van der Waals surface area contributed by atoms with Crippen LogP contribution in [0.2, 0.25) is 0 Å². The summed E-state index contributed by atoms with van der Waals surface area (Å²) in [5, 5.41) is 2.97. The molecule has 1 aliphatic carbocycles. The fourth-order valence-electron chi connectivity index (χ4n) is 3.53. The summed E-state index contributed by atoms with van der Waals surface area (Å²) in [7, 11) is -3.16. The third-order valence-corrected chi connectivity index (χ3v) is 7.12. The van der Waals surface area contributed by atoms with Crippen molar-refractivity contribution >= 4 is 15.9 Å². The summed E-state index contributed by atoms with van der Waals surface area (Å²) in [6.45, 7) is 3.55. The van der Waals surface area contributed by atoms with Gasteiger partial charge in [0.25, 0.3) is 0 Å². The van der Waals surface area contributed by atoms with Crippen molar-refractivity contribution < 1.29 is 13.2 Å². The van der Waals surface area contributed by atoms with Crippen molar-refractivity contribution in [3.05, 3.63) is 30.1 Å². The molecule has 0 aromatic carbocycles. The quantitative estimate of drug-likeness (QED) is 0.808. The molecule has 24 heavy (non-hydrogen) atoms. The highest BCUT2D eigenvalue weighted by Crippen LogP contribution is 2.58. The number of hydrogen-bond acceptors (Lipinski definition) is 4. The molecule has 1 aliphatic heterocycles. The number of carbonyl (C=O) groups is 1. The van der Waals surface area contributed by atoms with E-state index in [-0.39, 0.29) is 23.0 Å². The minimum atomic E-state index is -3.16. The van der Waals surface area contributed by atoms with Gasteiger partial charge in [-0.2, -0.15) is 0 Å². The number of aromatic nitrogens is 1. The van der Waals surface area contributed by atoms with E-state index < -0.39 is 10.0 Å². The Hall–Kier alpha value is -1.47. The first-order valence-electron chi connectivity index (χ1n) is 8.61. The maximum atomic E-state index is 12.4. The predicted octanol–water partition coefficient (Wildman–Crippen LogP) is 1.54. The number of pyridine rings is 1. The zero-order valence-electron chi connectivity index (χ0n) is 14.1. The second-order valence-electron chi connectivity index (χ2n) is 6.95. The van der Waals surface area contributed by atoms with Crippen molar-refractivity contribution in [1.29, 1.82) is 0 Å². The molecule has 1 saturated heterocycles. The van der Waals surface area contributed by atoms with Gasteiger partial charge in [0.1, 0.15) is 0 Å². The van der Waals surface area contributed by atoms with Gasteiger partial charge < -0.3 is 5.32 Å². The summed E-state index contributed by atoms with van der Waals surface area (Å²) in [6, 6.07) is 3.75. The van der Waals surface area contributed by atoms with Crippen LogP contribution >= 0.6 is 0 Å². The van der Waals surface area contributed by atoms with Gasteiger partial charge in [0.15, 0.2) is 0 Å². The standard InChI is InChI=1S/C17H25N3O3S/c1-2-3-10-24(22,23)20-9-6-17(13-20)11-15(17)16(21)19-12-14-4-7-18-8-5-14/h4-5,7-8,15H,2-3,6,9-13H2,1H3,(H,19,21)/t15-,17+/m0/s1. The zero-order valence-corrected chi connectivity index (χ0v) is 14.9. The van der Waals surface area contributed by atoms with Crippen LogP contribution in [0.5, 0.6) is 0 Å². The van der Waals surface area contributed by atoms with Gasteiger partial charge in [-0.3, -0.25) is 9.78 Å². The number of nitrogens with zero attached hydrogens (tertiary/aromatic N) is 2. The number of amides is 1. The molecule has 6 nitrogen and oxygen atoms in total. The molecule has 1 aromatic rings. The molecule has 0 unspecified atom stereocenters. The molecule has 1 amide bonds. The smallest absolute Gasteiger partial charge is 0.224 e. The van der Waals surface area contributed by atoms with Crippen molar-refractivity contribution in [2.45, 2.75) is 39.2 Å². The summed E-state index contributed by atoms with van der Waals surface area (Å²) in [5.41, 5.74) is 0.893. The maximum Gasteiger partial charge on any atom is 0.224 e. The fraction of sp³-hybridized carbons (Fsp3) is 0.647. The molecular weight excluding hydrogens is 326 g/mol. The lowest BCUT2D eigenvalue weighted by Gasteiger charge is -2.16. The minimum Gasteiger partial charge on any atom is -0.352 e. The molecule has 7 heteroatoms. The van der Waals surface area contributed by atoms with Gasteiger partial charge in [-0.1, -0.05) is 13.3 Å². The first-order valence-corrected chi connectivity index (χ1v) is 10.2. The summed E-state index contributed by atoms with van der Waals surface area (Å²) in [6.07, 6.45) is 6.58. The Balaban J connectivity index is 1.52. The molecule has 2 atom stereocenters. The van der Waals surface area contributed by atoms with E-state index in [1.165, 1.54) is 0 Å². The van der Waals surface area contributed by atoms with Gasteiger partial charge in [0.2, 0.25) is 15.9 Å². The highest BCUT2D eigenvalue weighted by Gasteiger charge is 2.61. The van der Waals surface area contributed by atoms with Crippen LogP contribution < -0.4 is 5.32 Å². The predicted molar refractivity (Wildman–Crippen MR) is 91.5 cm³/mol. The largest absolute Gasteiger partial charge is 0.352 e. The average Bonchev–Trinajstić information content (AvgIpc) is 3.11. The monoisotopic (exact) mass is 351 g/mol. The third-order valence-electron chi connectivity index (χ3n) is 5.22. The fourth-order valence-corrected chi connectivity index (χ4v) is 5.27. The van der Waals surface area contributed by atoms with E-state index in [9.17, 15) is 13.2 Å². The van der Waals surface area contributed by atoms with Crippen molar-refractivity contribution in [2.75, 3.05) is 18.8 Å². The van der Waals surface area contributed by atoms with Gasteiger partial charge in [-0.15, -0.1) is 0 Å². The Morgan fingerprint density at radius 3 is 2.88 bits per heavy atom. The average molecular weight is 351 g/mol. The van der Waals surface area contributed by atoms with E-state index >= 15 is 0 Å². The van der Waals surface area contributed by atoms with E-state index in [0.717, 1.165) is 24.8 Å². The summed E-state index contributed by atoms with van der Waals surface area (Å²) in [4.78, 5) is 16.3. The Kier molecular flexibility index (Phi) is 4.92. The van der Waals surface area contributed by atoms with Crippen LogP contribution in [0.15, 0.2) is 24.5 Å². The van der Waals surface area contributed by atoms with E-state index in [2.05, 4.69) is 10.3 Å². The summed E-state index contributed by atoms with van der Waals surface area (Å²) in [5.74, 6) is 0.212. The lowest BCUT2D eigenvalue weighted by Crippen LogP contribution is -2.32. The van der Waals surface area contributed by atoms with Crippen molar-refractivity contribution in [3.8, 4) is 0 Å². The highest BCUT2D eigenvalue weighted by molar-refractivity contribution is 7.89. The molecule has 2 fully saturated rings. The molecule has 1 saturated carbocycles. The van der Waals surface area contributed by atoms with Crippen LogP contribution in [0.4, 0.5) is 0 Å². The van der Waals surface area contributed by atoms with Gasteiger partial charge >= 0.3 is 0 Å². The lowest BCUT2D eigenvalue weighted by molar-refractivity contribution is -0.123. The number of sulfonamides is 1. The van der Waals surface area contributed by atoms with Crippen molar-refractivity contribution in [2.24, 2.45) is 11.3 Å². The number of unbranched alkanes of at least 4 members (excludes halogenated alkanes) is 1. The van der Waals surface area contributed by atoms with Gasteiger partial charge in [-0.05, 0) is 42.4 Å². The van der Waals surface area contributed by atoms with Crippen LogP contribution in [0, 0.1) is 11.3 Å². The second kappa shape index (κ2) is 6.80. The van der Waals surface area contributed by atoms with E-state index in [1.54, 1.807) is 16.7 Å². The van der Waals surface area contributed by atoms with Crippen molar-refractivity contribution in [3.63, 3.8) is 0 Å². The molecule has 1 aromatic heterocycles. The van der Waals surface area contributed by atoms with E-state index in [1.807, 2.05) is 19.1 Å². The van der Waals surface area contributed by atoms with Gasteiger partial charge in [0, 0.05) is 37.9 Å². The summed E-state index contributed by atoms with van der Waals surface area (Å²) >= 11 is 0. The van der Waals surface area contributed by atoms with Crippen LogP contribution in [0.1, 0.15) is 38.2 Å². The van der Waals surface area contributed by atoms with E-state index in [0.29, 0.717) is 26.1 Å². The zero-order chi connectivity index (χ0) is 17.2. The number of hydrogen-bond donors (Lipinski definition) is 1. The molecule has 0 bridgehead atoms. The minimum absolute atomic E-state index is 0.0413. The lowest BCUT2D eigenvalue weighted by atomic mass is 10.0. The number of nitrogens with one attached hydrogen (secondary N) is 1. The molecule has 132 valence electrons. The van der Waals surface area contributed by atoms with Crippen LogP contribution in [-0.2, 0) is 21.4 Å². The van der Waals surface area contributed by atoms with Crippen molar-refractivity contribution in [1.82, 2.24) is 14.6 Å². The maximum absolute atomic E-state index is 12.4. The number of carbonyl (C=O) groups excluding carboxylic acids is 1. The molecule has 3 rings (SSSR count). The van der Waals surface area contributed by atoms with Crippen LogP contribution in [0.25, 0.3) is 0 Å². The Morgan fingerprint density at radius 1 is 1.42 bits per heavy atom. The second-order valence-corrected chi connectivity index (χ2v) is 9.03. The molecule has 1 spiro atoms. The topological polar surface area (TPSA) is 79.4 Å². The molecule has 2 heterocycles. The first kappa shape index (κ1) is 17.4. The Morgan fingerprint density at radius 2 is 2.17 bits per heavy atom. The number of rotatable bonds is 7. The Bertz CT molecular complexity index is 692. The molecule has 1 N–H and O–H groups in total. The molecular formula is C17H25N3O3S. The van der Waals surface area contributed by atoms with Gasteiger partial charge in [0.05, 0.1) is 5.75 Å². The first-order chi connectivity index (χ1) is 11.5. The van der Waals surface area contributed by atoms with E-state index in [4.69, 9.17) is 0 Å². The normalized spacial score (nSPS) is 26.6.